The molecule has 1 fully saturated rings. The molecule has 0 saturated heterocycles. The van der Waals surface area contributed by atoms with Crippen LogP contribution in [-0.4, -0.2) is 40.1 Å². The largest absolute Gasteiger partial charge is 0.491 e. The fraction of sp³-hybridized carbons (Fsp3) is 0.522. The molecule has 0 aliphatic heterocycles. The highest BCUT2D eigenvalue weighted by Gasteiger charge is 2.32. The summed E-state index contributed by atoms with van der Waals surface area (Å²) in [6.07, 6.45) is 10.8. The number of carbonyl (C=O) groups is 1. The van der Waals surface area contributed by atoms with Crippen molar-refractivity contribution in [1.29, 1.82) is 0 Å². The molecule has 0 spiro atoms. The summed E-state index contributed by atoms with van der Waals surface area (Å²) in [5.41, 5.74) is 1.11. The monoisotopic (exact) mass is 388 g/mol. The van der Waals surface area contributed by atoms with Crippen molar-refractivity contribution in [1.82, 2.24) is 0 Å². The Hall–Kier alpha value is -2.11. The lowest BCUT2D eigenvalue weighted by atomic mass is 9.90. The molecule has 0 bridgehead atoms. The van der Waals surface area contributed by atoms with Gasteiger partial charge in [0, 0.05) is 6.42 Å². The van der Waals surface area contributed by atoms with Crippen molar-refractivity contribution >= 4 is 5.97 Å². The number of aliphatic hydroxyl groups excluding tert-OH is 2. The summed E-state index contributed by atoms with van der Waals surface area (Å²) in [6.45, 7) is 2.19. The molecule has 0 heterocycles. The van der Waals surface area contributed by atoms with Crippen LogP contribution in [0.2, 0.25) is 0 Å². The predicted molar refractivity (Wildman–Crippen MR) is 109 cm³/mol. The van der Waals surface area contributed by atoms with Crippen LogP contribution < -0.4 is 4.74 Å². The number of aliphatic hydroxyl groups is 2. The molecule has 4 atom stereocenters. The fourth-order valence-electron chi connectivity index (χ4n) is 3.60. The van der Waals surface area contributed by atoms with E-state index in [1.165, 1.54) is 0 Å². The number of unbranched alkanes of at least 4 members (excludes halogenated alkanes) is 1. The van der Waals surface area contributed by atoms with E-state index in [4.69, 9.17) is 9.84 Å². The summed E-state index contributed by atoms with van der Waals surface area (Å²) in [5, 5.41) is 29.1. The van der Waals surface area contributed by atoms with Gasteiger partial charge in [-0.25, -0.2) is 0 Å². The van der Waals surface area contributed by atoms with Crippen LogP contribution in [0.15, 0.2) is 48.6 Å². The van der Waals surface area contributed by atoms with E-state index in [9.17, 15) is 15.0 Å². The van der Waals surface area contributed by atoms with Gasteiger partial charge in [0.25, 0.3) is 0 Å². The Morgan fingerprint density at radius 1 is 1.32 bits per heavy atom. The Bertz CT molecular complexity index is 667. The number of hydrogen-bond acceptors (Lipinski definition) is 4. The van der Waals surface area contributed by atoms with E-state index in [0.717, 1.165) is 37.0 Å². The Balaban J connectivity index is 1.76. The first-order valence-corrected chi connectivity index (χ1v) is 10.1. The van der Waals surface area contributed by atoms with Crippen molar-refractivity contribution in [2.24, 2.45) is 11.8 Å². The third-order valence-corrected chi connectivity index (χ3v) is 5.17. The van der Waals surface area contributed by atoms with Gasteiger partial charge in [0.05, 0.1) is 6.10 Å². The topological polar surface area (TPSA) is 87.0 Å². The minimum absolute atomic E-state index is 0.136. The number of rotatable bonds is 11. The molecule has 1 unspecified atom stereocenters. The second kappa shape index (κ2) is 11.7. The van der Waals surface area contributed by atoms with Crippen molar-refractivity contribution < 1.29 is 24.9 Å². The van der Waals surface area contributed by atoms with Crippen LogP contribution in [0.25, 0.3) is 0 Å². The van der Waals surface area contributed by atoms with Gasteiger partial charge in [-0.1, -0.05) is 36.4 Å². The number of benzene rings is 1. The first-order valence-electron chi connectivity index (χ1n) is 10.1. The standard InChI is InChI=1S/C23H32O5/c1-17-7-6-8-20(15-17)28-16-19(24)13-11-18-12-14-22(25)21(18)9-4-2-3-5-10-23(26)27/h2,4,6-8,11,13,15,18-19,21-22,24-25H,3,5,9-10,12,14,16H2,1H3,(H,26,27)/b4-2+,13-11+/t18?,19-,21-,22+/m1/s1. The maximum atomic E-state index is 10.5. The Kier molecular flexibility index (Phi) is 9.24. The molecule has 5 heteroatoms. The number of carboxylic acid groups (broad SMARTS) is 1. The van der Waals surface area contributed by atoms with Crippen LogP contribution in [0, 0.1) is 18.8 Å². The summed E-state index contributed by atoms with van der Waals surface area (Å²) in [6, 6.07) is 7.72. The normalized spacial score (nSPS) is 23.5. The van der Waals surface area contributed by atoms with E-state index in [1.54, 1.807) is 6.08 Å². The van der Waals surface area contributed by atoms with Crippen LogP contribution in [0.4, 0.5) is 0 Å². The van der Waals surface area contributed by atoms with E-state index in [-0.39, 0.29) is 31.0 Å². The molecular formula is C23H32O5. The maximum absolute atomic E-state index is 10.5. The van der Waals surface area contributed by atoms with Crippen molar-refractivity contribution in [2.45, 2.75) is 57.7 Å². The van der Waals surface area contributed by atoms with Gasteiger partial charge in [-0.3, -0.25) is 4.79 Å². The zero-order valence-electron chi connectivity index (χ0n) is 16.5. The third-order valence-electron chi connectivity index (χ3n) is 5.17. The molecule has 1 saturated carbocycles. The third kappa shape index (κ3) is 7.87. The number of allylic oxidation sites excluding steroid dienone is 3. The first-order chi connectivity index (χ1) is 13.5. The van der Waals surface area contributed by atoms with Gasteiger partial charge < -0.3 is 20.1 Å². The second-order valence-electron chi connectivity index (χ2n) is 7.55. The highest BCUT2D eigenvalue weighted by Crippen LogP contribution is 2.36. The Labute approximate surface area is 167 Å². The quantitative estimate of drug-likeness (QED) is 0.396. The minimum Gasteiger partial charge on any atom is -0.491 e. The lowest BCUT2D eigenvalue weighted by Crippen LogP contribution is -2.19. The lowest BCUT2D eigenvalue weighted by molar-refractivity contribution is -0.137. The SMILES string of the molecule is Cc1cccc(OC[C@H](O)/C=C/C2CC[C@H](O)[C@@H]2C/C=C/CCCC(=O)O)c1. The van der Waals surface area contributed by atoms with E-state index in [1.807, 2.05) is 49.4 Å². The smallest absolute Gasteiger partial charge is 0.303 e. The fourth-order valence-corrected chi connectivity index (χ4v) is 3.60. The van der Waals surface area contributed by atoms with Gasteiger partial charge in [-0.15, -0.1) is 0 Å². The van der Waals surface area contributed by atoms with Gasteiger partial charge in [0.15, 0.2) is 0 Å². The summed E-state index contributed by atoms with van der Waals surface area (Å²) in [5.74, 6) is 0.341. The number of carboxylic acids is 1. The molecule has 0 amide bonds. The lowest BCUT2D eigenvalue weighted by Gasteiger charge is -2.18. The number of ether oxygens (including phenoxy) is 1. The number of aryl methyl sites for hydroxylation is 1. The Morgan fingerprint density at radius 3 is 2.89 bits per heavy atom. The van der Waals surface area contributed by atoms with Gasteiger partial charge in [-0.05, 0) is 68.6 Å². The summed E-state index contributed by atoms with van der Waals surface area (Å²) in [4.78, 5) is 10.5. The van der Waals surface area contributed by atoms with Crippen molar-refractivity contribution in [3.8, 4) is 5.75 Å². The summed E-state index contributed by atoms with van der Waals surface area (Å²) < 4.78 is 5.63. The number of aliphatic carboxylic acids is 1. The zero-order valence-corrected chi connectivity index (χ0v) is 16.5. The van der Waals surface area contributed by atoms with Gasteiger partial charge in [0.2, 0.25) is 0 Å². The Morgan fingerprint density at radius 2 is 2.14 bits per heavy atom. The van der Waals surface area contributed by atoms with E-state index >= 15 is 0 Å². The van der Waals surface area contributed by atoms with Crippen molar-refractivity contribution in [3.05, 3.63) is 54.1 Å². The maximum Gasteiger partial charge on any atom is 0.303 e. The van der Waals surface area contributed by atoms with Gasteiger partial charge >= 0.3 is 5.97 Å². The molecule has 28 heavy (non-hydrogen) atoms. The minimum atomic E-state index is -0.769. The van der Waals surface area contributed by atoms with Gasteiger partial charge in [0.1, 0.15) is 18.5 Å². The van der Waals surface area contributed by atoms with Crippen LogP contribution in [0.1, 0.15) is 44.1 Å². The van der Waals surface area contributed by atoms with Crippen LogP contribution >= 0.6 is 0 Å². The molecular weight excluding hydrogens is 356 g/mol. The van der Waals surface area contributed by atoms with Crippen LogP contribution in [-0.2, 0) is 4.79 Å². The molecule has 3 N–H and O–H groups in total. The molecule has 1 aliphatic rings. The molecule has 1 aromatic rings. The molecule has 1 aromatic carbocycles. The molecule has 5 nitrogen and oxygen atoms in total. The van der Waals surface area contributed by atoms with Gasteiger partial charge in [-0.2, -0.15) is 0 Å². The second-order valence-corrected chi connectivity index (χ2v) is 7.55. The zero-order chi connectivity index (χ0) is 20.4. The number of hydrogen-bond donors (Lipinski definition) is 3. The molecule has 154 valence electrons. The highest BCUT2D eigenvalue weighted by molar-refractivity contribution is 5.66. The van der Waals surface area contributed by atoms with Crippen molar-refractivity contribution in [3.63, 3.8) is 0 Å². The average Bonchev–Trinajstić information content (AvgIpc) is 3.01. The average molecular weight is 389 g/mol. The molecule has 0 aromatic heterocycles. The van der Waals surface area contributed by atoms with E-state index in [0.29, 0.717) is 6.42 Å². The predicted octanol–water partition coefficient (Wildman–Crippen LogP) is 3.88. The summed E-state index contributed by atoms with van der Waals surface area (Å²) in [7, 11) is 0. The first kappa shape index (κ1) is 22.2. The molecule has 1 aliphatic carbocycles. The van der Waals surface area contributed by atoms with E-state index in [2.05, 4.69) is 0 Å². The molecule has 0 radical (unpaired) electrons. The van der Waals surface area contributed by atoms with E-state index < -0.39 is 12.1 Å². The van der Waals surface area contributed by atoms with Crippen LogP contribution in [0.5, 0.6) is 5.75 Å². The van der Waals surface area contributed by atoms with Crippen LogP contribution in [0.3, 0.4) is 0 Å². The summed E-state index contributed by atoms with van der Waals surface area (Å²) >= 11 is 0. The van der Waals surface area contributed by atoms with Crippen molar-refractivity contribution in [2.75, 3.05) is 6.61 Å². The highest BCUT2D eigenvalue weighted by atomic mass is 16.5. The molecule has 2 rings (SSSR count).